The van der Waals surface area contributed by atoms with E-state index in [1.807, 2.05) is 44.5 Å². The Balaban J connectivity index is 1.61. The molecule has 1 aromatic carbocycles. The van der Waals surface area contributed by atoms with Crippen molar-refractivity contribution in [1.82, 2.24) is 25.0 Å². The fourth-order valence-electron chi connectivity index (χ4n) is 2.58. The number of aryl methyl sites for hydroxylation is 2. The molecule has 1 unspecified atom stereocenters. The minimum absolute atomic E-state index is 0.166. The lowest BCUT2D eigenvalue weighted by Crippen LogP contribution is -2.14. The van der Waals surface area contributed by atoms with E-state index in [0.29, 0.717) is 16.1 Å². The lowest BCUT2D eigenvalue weighted by atomic mass is 10.1. The first kappa shape index (κ1) is 19.3. The molecule has 1 amide bonds. The smallest absolute Gasteiger partial charge is 0.236 e. The first-order valence-electron chi connectivity index (χ1n) is 8.25. The number of thioether (sulfide) groups is 1. The van der Waals surface area contributed by atoms with Gasteiger partial charge < -0.3 is 9.30 Å². The maximum Gasteiger partial charge on any atom is 0.236 e. The molecule has 27 heavy (non-hydrogen) atoms. The fraction of sp³-hybridized carbons (Fsp3) is 0.353. The highest BCUT2D eigenvalue weighted by Crippen LogP contribution is 2.25. The first-order chi connectivity index (χ1) is 12.9. The number of hydrogen-bond donors (Lipinski definition) is 1. The summed E-state index contributed by atoms with van der Waals surface area (Å²) in [6.45, 7) is 6.00. The molecular weight excluding hydrogens is 384 g/mol. The topological polar surface area (TPSA) is 94.8 Å². The molecule has 1 N–H and O–H groups in total. The van der Waals surface area contributed by atoms with Crippen LogP contribution in [-0.2, 0) is 11.8 Å². The molecular formula is C17H20N6O2S2. The molecule has 3 rings (SSSR count). The highest BCUT2D eigenvalue weighted by molar-refractivity contribution is 7.99. The average Bonchev–Trinajstić information content (AvgIpc) is 3.21. The van der Waals surface area contributed by atoms with Gasteiger partial charge in [-0.15, -0.1) is 20.4 Å². The van der Waals surface area contributed by atoms with Crippen LogP contribution < -0.4 is 10.1 Å². The molecule has 0 saturated carbocycles. The van der Waals surface area contributed by atoms with E-state index >= 15 is 0 Å². The lowest BCUT2D eigenvalue weighted by Gasteiger charge is -2.15. The Hall–Kier alpha value is -2.46. The van der Waals surface area contributed by atoms with E-state index in [-0.39, 0.29) is 17.8 Å². The van der Waals surface area contributed by atoms with Crippen molar-refractivity contribution < 1.29 is 9.53 Å². The summed E-state index contributed by atoms with van der Waals surface area (Å²) < 4.78 is 7.87. The number of rotatable bonds is 7. The molecule has 0 radical (unpaired) electrons. The summed E-state index contributed by atoms with van der Waals surface area (Å²) in [5, 5.41) is 19.7. The van der Waals surface area contributed by atoms with E-state index in [1.54, 1.807) is 5.51 Å². The van der Waals surface area contributed by atoms with Crippen LogP contribution in [0.4, 0.5) is 5.13 Å². The number of nitrogens with zero attached hydrogens (tertiary/aromatic N) is 5. The number of amides is 1. The van der Waals surface area contributed by atoms with Crippen molar-refractivity contribution >= 4 is 34.1 Å². The molecule has 0 saturated heterocycles. The highest BCUT2D eigenvalue weighted by Gasteiger charge is 2.18. The van der Waals surface area contributed by atoms with Crippen LogP contribution in [0.2, 0.25) is 0 Å². The molecule has 0 aliphatic rings. The third-order valence-corrected chi connectivity index (χ3v) is 5.31. The second-order valence-corrected chi connectivity index (χ2v) is 7.84. The summed E-state index contributed by atoms with van der Waals surface area (Å²) in [5.41, 5.74) is 3.86. The predicted molar refractivity (Wildman–Crippen MR) is 105 cm³/mol. The van der Waals surface area contributed by atoms with Crippen LogP contribution in [-0.4, -0.2) is 36.6 Å². The van der Waals surface area contributed by atoms with Crippen molar-refractivity contribution in [2.75, 3.05) is 11.1 Å². The van der Waals surface area contributed by atoms with Crippen LogP contribution in [0.3, 0.4) is 0 Å². The standard InChI is InChI=1S/C17H20N6O2S2/c1-10-5-11(2)7-13(6-10)25-12(3)15-20-22-17(23(15)4)26-8-14(24)19-16-21-18-9-27-16/h5-7,9,12H,8H2,1-4H3,(H,19,21,24). The van der Waals surface area contributed by atoms with Crippen LogP contribution in [0, 0.1) is 13.8 Å². The van der Waals surface area contributed by atoms with E-state index in [2.05, 4.69) is 31.8 Å². The van der Waals surface area contributed by atoms with Crippen LogP contribution in [0.15, 0.2) is 28.9 Å². The zero-order chi connectivity index (χ0) is 19.4. The molecule has 2 aromatic heterocycles. The molecule has 2 heterocycles. The number of carbonyl (C=O) groups excluding carboxylic acids is 1. The Kier molecular flexibility index (Phi) is 6.07. The zero-order valence-electron chi connectivity index (χ0n) is 15.5. The maximum absolute atomic E-state index is 12.0. The molecule has 0 spiro atoms. The average molecular weight is 405 g/mol. The summed E-state index contributed by atoms with van der Waals surface area (Å²) in [7, 11) is 1.86. The van der Waals surface area contributed by atoms with Crippen LogP contribution >= 0.6 is 23.1 Å². The number of hydrogen-bond acceptors (Lipinski definition) is 8. The van der Waals surface area contributed by atoms with Crippen molar-refractivity contribution in [2.24, 2.45) is 7.05 Å². The van der Waals surface area contributed by atoms with Crippen molar-refractivity contribution in [2.45, 2.75) is 32.0 Å². The Morgan fingerprint density at radius 2 is 2.00 bits per heavy atom. The third kappa shape index (κ3) is 5.04. The Morgan fingerprint density at radius 1 is 1.26 bits per heavy atom. The van der Waals surface area contributed by atoms with Gasteiger partial charge in [0.1, 0.15) is 11.3 Å². The van der Waals surface area contributed by atoms with Gasteiger partial charge in [0.15, 0.2) is 17.1 Å². The third-order valence-electron chi connectivity index (χ3n) is 3.68. The van der Waals surface area contributed by atoms with E-state index in [0.717, 1.165) is 16.9 Å². The molecule has 10 heteroatoms. The molecule has 3 aromatic rings. The summed E-state index contributed by atoms with van der Waals surface area (Å²) in [5.74, 6) is 1.54. The van der Waals surface area contributed by atoms with Gasteiger partial charge >= 0.3 is 0 Å². The highest BCUT2D eigenvalue weighted by atomic mass is 32.2. The predicted octanol–water partition coefficient (Wildman–Crippen LogP) is 3.15. The van der Waals surface area contributed by atoms with E-state index in [4.69, 9.17) is 4.74 Å². The fourth-order valence-corrected chi connectivity index (χ4v) is 3.76. The van der Waals surface area contributed by atoms with Crippen molar-refractivity contribution in [3.8, 4) is 5.75 Å². The van der Waals surface area contributed by atoms with Gasteiger partial charge in [-0.3, -0.25) is 10.1 Å². The molecule has 0 aliphatic carbocycles. The number of anilines is 1. The van der Waals surface area contributed by atoms with E-state index < -0.39 is 0 Å². The number of nitrogens with one attached hydrogen (secondary N) is 1. The minimum atomic E-state index is -0.270. The summed E-state index contributed by atoms with van der Waals surface area (Å²) >= 11 is 2.58. The summed E-state index contributed by atoms with van der Waals surface area (Å²) in [4.78, 5) is 12.0. The molecule has 0 bridgehead atoms. The SMILES string of the molecule is Cc1cc(C)cc(OC(C)c2nnc(SCC(=O)Nc3nncs3)n2C)c1. The quantitative estimate of drug-likeness (QED) is 0.604. The molecule has 8 nitrogen and oxygen atoms in total. The Labute approximate surface area is 165 Å². The summed E-state index contributed by atoms with van der Waals surface area (Å²) in [6, 6.07) is 6.09. The monoisotopic (exact) mass is 404 g/mol. The molecule has 142 valence electrons. The van der Waals surface area contributed by atoms with Crippen molar-refractivity contribution in [3.05, 3.63) is 40.7 Å². The first-order valence-corrected chi connectivity index (χ1v) is 10.1. The van der Waals surface area contributed by atoms with Crippen LogP contribution in [0.5, 0.6) is 5.75 Å². The normalized spacial score (nSPS) is 12.0. The molecule has 1 atom stereocenters. The van der Waals surface area contributed by atoms with Gasteiger partial charge in [0, 0.05) is 7.05 Å². The van der Waals surface area contributed by atoms with Gasteiger partial charge in [0.2, 0.25) is 11.0 Å². The largest absolute Gasteiger partial charge is 0.483 e. The van der Waals surface area contributed by atoms with Gasteiger partial charge in [0.25, 0.3) is 0 Å². The van der Waals surface area contributed by atoms with Gasteiger partial charge in [-0.05, 0) is 44.0 Å². The minimum Gasteiger partial charge on any atom is -0.483 e. The number of benzene rings is 1. The molecule has 0 fully saturated rings. The molecule has 0 aliphatic heterocycles. The lowest BCUT2D eigenvalue weighted by molar-refractivity contribution is -0.113. The Bertz CT molecular complexity index is 905. The van der Waals surface area contributed by atoms with E-state index in [1.165, 1.54) is 23.1 Å². The van der Waals surface area contributed by atoms with Crippen LogP contribution in [0.25, 0.3) is 0 Å². The summed E-state index contributed by atoms with van der Waals surface area (Å²) in [6.07, 6.45) is -0.270. The van der Waals surface area contributed by atoms with Crippen molar-refractivity contribution in [3.63, 3.8) is 0 Å². The zero-order valence-corrected chi connectivity index (χ0v) is 17.1. The van der Waals surface area contributed by atoms with Gasteiger partial charge in [-0.1, -0.05) is 29.2 Å². The van der Waals surface area contributed by atoms with Gasteiger partial charge in [-0.2, -0.15) is 0 Å². The second kappa shape index (κ2) is 8.49. The number of aromatic nitrogens is 5. The van der Waals surface area contributed by atoms with E-state index in [9.17, 15) is 4.79 Å². The van der Waals surface area contributed by atoms with Gasteiger partial charge in [-0.25, -0.2) is 0 Å². The number of carbonyl (C=O) groups is 1. The second-order valence-electron chi connectivity index (χ2n) is 6.06. The Morgan fingerprint density at radius 3 is 2.67 bits per heavy atom. The van der Waals surface area contributed by atoms with Crippen LogP contribution in [0.1, 0.15) is 30.0 Å². The van der Waals surface area contributed by atoms with Crippen molar-refractivity contribution in [1.29, 1.82) is 0 Å². The maximum atomic E-state index is 12.0. The number of ether oxygens (including phenoxy) is 1. The van der Waals surface area contributed by atoms with Gasteiger partial charge in [0.05, 0.1) is 5.75 Å².